The standard InChI is InChI=1S/C13H12N2O3/c1-9-7-12(17-2)15-13(14-9)18-11-6-4-3-5-10(11)8-16/h3-8H,1-2H3. The van der Waals surface area contributed by atoms with Crippen LogP contribution >= 0.6 is 0 Å². The van der Waals surface area contributed by atoms with Crippen molar-refractivity contribution in [1.29, 1.82) is 0 Å². The number of carbonyl (C=O) groups is 1. The van der Waals surface area contributed by atoms with Crippen molar-refractivity contribution in [3.05, 3.63) is 41.6 Å². The topological polar surface area (TPSA) is 61.3 Å². The number of rotatable bonds is 4. The monoisotopic (exact) mass is 244 g/mol. The molecule has 0 spiro atoms. The fraction of sp³-hybridized carbons (Fsp3) is 0.154. The highest BCUT2D eigenvalue weighted by Gasteiger charge is 2.07. The van der Waals surface area contributed by atoms with E-state index in [0.29, 0.717) is 17.2 Å². The molecule has 5 nitrogen and oxygen atoms in total. The zero-order valence-electron chi connectivity index (χ0n) is 10.1. The molecule has 0 atom stereocenters. The fourth-order valence-electron chi connectivity index (χ4n) is 1.43. The van der Waals surface area contributed by atoms with Gasteiger partial charge in [0.1, 0.15) is 5.75 Å². The van der Waals surface area contributed by atoms with Gasteiger partial charge >= 0.3 is 6.01 Å². The summed E-state index contributed by atoms with van der Waals surface area (Å²) >= 11 is 0. The van der Waals surface area contributed by atoms with Crippen LogP contribution in [0.2, 0.25) is 0 Å². The van der Waals surface area contributed by atoms with Gasteiger partial charge in [0.25, 0.3) is 0 Å². The van der Waals surface area contributed by atoms with Gasteiger partial charge in [-0.15, -0.1) is 0 Å². The maximum absolute atomic E-state index is 10.9. The SMILES string of the molecule is COc1cc(C)nc(Oc2ccccc2C=O)n1. The second-order valence-corrected chi connectivity index (χ2v) is 3.59. The van der Waals surface area contributed by atoms with Crippen molar-refractivity contribution < 1.29 is 14.3 Å². The largest absolute Gasteiger partial charge is 0.481 e. The van der Waals surface area contributed by atoms with Crippen molar-refractivity contribution in [3.63, 3.8) is 0 Å². The van der Waals surface area contributed by atoms with Crippen molar-refractivity contribution in [2.45, 2.75) is 6.92 Å². The summed E-state index contributed by atoms with van der Waals surface area (Å²) in [6.07, 6.45) is 0.725. The van der Waals surface area contributed by atoms with E-state index >= 15 is 0 Å². The second-order valence-electron chi connectivity index (χ2n) is 3.59. The third-order valence-corrected chi connectivity index (χ3v) is 2.27. The lowest BCUT2D eigenvalue weighted by atomic mass is 10.2. The van der Waals surface area contributed by atoms with Crippen molar-refractivity contribution in [3.8, 4) is 17.6 Å². The Bertz CT molecular complexity index is 570. The summed E-state index contributed by atoms with van der Waals surface area (Å²) in [5.74, 6) is 0.834. The maximum atomic E-state index is 10.9. The molecule has 1 aromatic carbocycles. The molecule has 0 aliphatic heterocycles. The molecule has 0 N–H and O–H groups in total. The number of benzene rings is 1. The van der Waals surface area contributed by atoms with Gasteiger partial charge in [0.05, 0.1) is 12.7 Å². The highest BCUT2D eigenvalue weighted by Crippen LogP contribution is 2.23. The minimum Gasteiger partial charge on any atom is -0.481 e. The molecule has 0 unspecified atom stereocenters. The minimum atomic E-state index is 0.154. The first kappa shape index (κ1) is 12.0. The minimum absolute atomic E-state index is 0.154. The van der Waals surface area contributed by atoms with Gasteiger partial charge in [-0.1, -0.05) is 12.1 Å². The van der Waals surface area contributed by atoms with Gasteiger partial charge in [0.2, 0.25) is 5.88 Å². The summed E-state index contributed by atoms with van der Waals surface area (Å²) in [6, 6.07) is 8.72. The number of hydrogen-bond donors (Lipinski definition) is 0. The van der Waals surface area contributed by atoms with Crippen LogP contribution in [-0.4, -0.2) is 23.4 Å². The molecule has 1 aromatic heterocycles. The number of aldehydes is 1. The van der Waals surface area contributed by atoms with E-state index in [9.17, 15) is 4.79 Å². The third kappa shape index (κ3) is 2.63. The molecule has 1 heterocycles. The van der Waals surface area contributed by atoms with Crippen LogP contribution in [0.3, 0.4) is 0 Å². The number of ether oxygens (including phenoxy) is 2. The van der Waals surface area contributed by atoms with Crippen LogP contribution in [0.15, 0.2) is 30.3 Å². The highest BCUT2D eigenvalue weighted by molar-refractivity contribution is 5.79. The first-order chi connectivity index (χ1) is 8.72. The molecule has 2 aromatic rings. The van der Waals surface area contributed by atoms with Gasteiger partial charge in [-0.05, 0) is 19.1 Å². The van der Waals surface area contributed by atoms with E-state index in [-0.39, 0.29) is 6.01 Å². The zero-order chi connectivity index (χ0) is 13.0. The molecule has 0 saturated heterocycles. The normalized spacial score (nSPS) is 9.89. The number of carbonyl (C=O) groups excluding carboxylic acids is 1. The van der Waals surface area contributed by atoms with Crippen LogP contribution in [-0.2, 0) is 0 Å². The van der Waals surface area contributed by atoms with E-state index in [1.165, 1.54) is 7.11 Å². The maximum Gasteiger partial charge on any atom is 0.325 e. The van der Waals surface area contributed by atoms with Crippen molar-refractivity contribution in [2.24, 2.45) is 0 Å². The molecule has 0 amide bonds. The molecule has 0 aliphatic rings. The van der Waals surface area contributed by atoms with E-state index < -0.39 is 0 Å². The first-order valence-corrected chi connectivity index (χ1v) is 5.34. The molecular formula is C13H12N2O3. The van der Waals surface area contributed by atoms with Gasteiger partial charge in [-0.3, -0.25) is 4.79 Å². The van der Waals surface area contributed by atoms with Gasteiger partial charge in [0, 0.05) is 11.8 Å². The third-order valence-electron chi connectivity index (χ3n) is 2.27. The molecule has 0 aliphatic carbocycles. The Hall–Kier alpha value is -2.43. The Labute approximate surface area is 104 Å². The Morgan fingerprint density at radius 1 is 1.22 bits per heavy atom. The summed E-state index contributed by atoms with van der Waals surface area (Å²) in [6.45, 7) is 1.81. The molecule has 18 heavy (non-hydrogen) atoms. The molecule has 0 radical (unpaired) electrons. The summed E-state index contributed by atoms with van der Waals surface area (Å²) in [5.41, 5.74) is 1.17. The summed E-state index contributed by atoms with van der Waals surface area (Å²) in [5, 5.41) is 0. The second kappa shape index (κ2) is 5.27. The van der Waals surface area contributed by atoms with Crippen LogP contribution in [0, 0.1) is 6.92 Å². The molecule has 2 rings (SSSR count). The van der Waals surface area contributed by atoms with E-state index in [1.807, 2.05) is 6.92 Å². The molecule has 0 fully saturated rings. The number of aryl methyl sites for hydroxylation is 1. The number of aromatic nitrogens is 2. The summed E-state index contributed by atoms with van der Waals surface area (Å²) in [4.78, 5) is 19.0. The number of nitrogens with zero attached hydrogens (tertiary/aromatic N) is 2. The lowest BCUT2D eigenvalue weighted by molar-refractivity contribution is 0.112. The Kier molecular flexibility index (Phi) is 3.52. The quantitative estimate of drug-likeness (QED) is 0.773. The molecular weight excluding hydrogens is 232 g/mol. The molecule has 5 heteroatoms. The first-order valence-electron chi connectivity index (χ1n) is 5.34. The van der Waals surface area contributed by atoms with Crippen molar-refractivity contribution in [1.82, 2.24) is 9.97 Å². The number of para-hydroxylation sites is 1. The predicted molar refractivity (Wildman–Crippen MR) is 65.2 cm³/mol. The van der Waals surface area contributed by atoms with Crippen LogP contribution in [0.4, 0.5) is 0 Å². The van der Waals surface area contributed by atoms with E-state index in [0.717, 1.165) is 12.0 Å². The van der Waals surface area contributed by atoms with Crippen LogP contribution in [0.1, 0.15) is 16.1 Å². The molecule has 0 bridgehead atoms. The van der Waals surface area contributed by atoms with Crippen molar-refractivity contribution >= 4 is 6.29 Å². The molecule has 0 saturated carbocycles. The van der Waals surface area contributed by atoms with Crippen LogP contribution in [0.5, 0.6) is 17.6 Å². The average molecular weight is 244 g/mol. The Balaban J connectivity index is 2.33. The lowest BCUT2D eigenvalue weighted by Gasteiger charge is -2.07. The number of methoxy groups -OCH3 is 1. The van der Waals surface area contributed by atoms with Gasteiger partial charge in [-0.2, -0.15) is 9.97 Å². The Morgan fingerprint density at radius 2 is 2.00 bits per heavy atom. The average Bonchev–Trinajstić information content (AvgIpc) is 2.38. The van der Waals surface area contributed by atoms with Gasteiger partial charge < -0.3 is 9.47 Å². The number of hydrogen-bond acceptors (Lipinski definition) is 5. The van der Waals surface area contributed by atoms with Crippen molar-refractivity contribution in [2.75, 3.05) is 7.11 Å². The van der Waals surface area contributed by atoms with Crippen LogP contribution in [0.25, 0.3) is 0 Å². The van der Waals surface area contributed by atoms with Gasteiger partial charge in [0.15, 0.2) is 6.29 Å². The fourth-order valence-corrected chi connectivity index (χ4v) is 1.43. The smallest absolute Gasteiger partial charge is 0.325 e. The summed E-state index contributed by atoms with van der Waals surface area (Å²) in [7, 11) is 1.52. The van der Waals surface area contributed by atoms with Crippen LogP contribution < -0.4 is 9.47 Å². The lowest BCUT2D eigenvalue weighted by Crippen LogP contribution is -1.98. The predicted octanol–water partition coefficient (Wildman–Crippen LogP) is 2.40. The van der Waals surface area contributed by atoms with E-state index in [4.69, 9.17) is 9.47 Å². The Morgan fingerprint density at radius 3 is 2.72 bits per heavy atom. The summed E-state index contributed by atoms with van der Waals surface area (Å²) < 4.78 is 10.5. The zero-order valence-corrected chi connectivity index (χ0v) is 10.1. The molecule has 92 valence electrons. The van der Waals surface area contributed by atoms with Gasteiger partial charge in [-0.25, -0.2) is 0 Å². The van der Waals surface area contributed by atoms with E-state index in [2.05, 4.69) is 9.97 Å². The van der Waals surface area contributed by atoms with E-state index in [1.54, 1.807) is 30.3 Å². The highest BCUT2D eigenvalue weighted by atomic mass is 16.5.